The molecular weight excluding hydrogens is 398 g/mol. The van der Waals surface area contributed by atoms with Crippen LogP contribution < -0.4 is 5.43 Å². The van der Waals surface area contributed by atoms with Gasteiger partial charge in [-0.2, -0.15) is 0 Å². The van der Waals surface area contributed by atoms with Gasteiger partial charge < -0.3 is 4.57 Å². The molecule has 2 aromatic heterocycles. The Morgan fingerprint density at radius 3 is 1.94 bits per heavy atom. The third-order valence-electron chi connectivity index (χ3n) is 6.28. The predicted molar refractivity (Wildman–Crippen MR) is 126 cm³/mol. The van der Waals surface area contributed by atoms with Gasteiger partial charge in [0, 0.05) is 16.3 Å². The van der Waals surface area contributed by atoms with Gasteiger partial charge in [0.1, 0.15) is 5.82 Å². The summed E-state index contributed by atoms with van der Waals surface area (Å²) in [5.41, 5.74) is 5.27. The van der Waals surface area contributed by atoms with E-state index in [1.54, 1.807) is 4.57 Å². The first kappa shape index (κ1) is 17.2. The highest BCUT2D eigenvalue weighted by Gasteiger charge is 2.33. The minimum Gasteiger partial charge on any atom is -0.308 e. The van der Waals surface area contributed by atoms with Crippen LogP contribution in [0.25, 0.3) is 49.9 Å². The topological polar surface area (TPSA) is 56.9 Å². The van der Waals surface area contributed by atoms with E-state index in [4.69, 9.17) is 4.98 Å². The lowest BCUT2D eigenvalue weighted by molar-refractivity contribution is 0.0973. The van der Waals surface area contributed by atoms with Gasteiger partial charge >= 0.3 is 0 Å². The van der Waals surface area contributed by atoms with Gasteiger partial charge in [0.05, 0.1) is 33.3 Å². The number of nitrogens with zero attached hydrogens (tertiary/aromatic N) is 3. The minimum absolute atomic E-state index is 0.00900. The third kappa shape index (κ3) is 2.04. The fourth-order valence-electron chi connectivity index (χ4n) is 4.92. The zero-order valence-corrected chi connectivity index (χ0v) is 16.8. The van der Waals surface area contributed by atoms with Crippen LogP contribution in [0.3, 0.4) is 0 Å². The molecule has 150 valence electrons. The summed E-state index contributed by atoms with van der Waals surface area (Å²) in [6, 6.07) is 28.6. The maximum absolute atomic E-state index is 13.7. The number of pyridine rings is 1. The van der Waals surface area contributed by atoms with Crippen molar-refractivity contribution in [3.05, 3.63) is 107 Å². The molecule has 0 saturated heterocycles. The molecular formula is C27H15N3O2. The number of benzene rings is 4. The summed E-state index contributed by atoms with van der Waals surface area (Å²) in [6.07, 6.45) is 0. The van der Waals surface area contributed by atoms with Gasteiger partial charge in [-0.3, -0.25) is 14.2 Å². The van der Waals surface area contributed by atoms with Crippen molar-refractivity contribution >= 4 is 38.7 Å². The van der Waals surface area contributed by atoms with E-state index in [2.05, 4.69) is 0 Å². The second-order valence-electron chi connectivity index (χ2n) is 7.96. The molecule has 0 aliphatic carbocycles. The normalized spacial score (nSPS) is 12.6. The third-order valence-corrected chi connectivity index (χ3v) is 6.28. The van der Waals surface area contributed by atoms with Gasteiger partial charge in [-0.05, 0) is 42.5 Å². The molecule has 0 fully saturated rings. The lowest BCUT2D eigenvalue weighted by Gasteiger charge is -2.17. The molecule has 0 saturated carbocycles. The molecule has 3 heterocycles. The van der Waals surface area contributed by atoms with E-state index in [0.29, 0.717) is 22.2 Å². The van der Waals surface area contributed by atoms with Crippen LogP contribution >= 0.6 is 0 Å². The fourth-order valence-corrected chi connectivity index (χ4v) is 4.92. The highest BCUT2D eigenvalue weighted by molar-refractivity contribution is 6.15. The van der Waals surface area contributed by atoms with Crippen LogP contribution in [0.2, 0.25) is 0 Å². The number of para-hydroxylation sites is 4. The molecule has 1 aliphatic heterocycles. The molecule has 5 nitrogen and oxygen atoms in total. The number of hydrogen-bond donors (Lipinski definition) is 0. The predicted octanol–water partition coefficient (Wildman–Crippen LogP) is 5.16. The zero-order valence-electron chi connectivity index (χ0n) is 16.8. The second-order valence-corrected chi connectivity index (χ2v) is 7.96. The lowest BCUT2D eigenvalue weighted by Crippen LogP contribution is -2.14. The number of hydrogen-bond acceptors (Lipinski definition) is 3. The highest BCUT2D eigenvalue weighted by Crippen LogP contribution is 2.39. The zero-order chi connectivity index (χ0) is 21.4. The monoisotopic (exact) mass is 413 g/mol. The van der Waals surface area contributed by atoms with E-state index in [0.717, 1.165) is 33.3 Å². The Morgan fingerprint density at radius 1 is 0.594 bits per heavy atom. The first-order valence-corrected chi connectivity index (χ1v) is 10.4. The van der Waals surface area contributed by atoms with Crippen molar-refractivity contribution in [2.45, 2.75) is 0 Å². The van der Waals surface area contributed by atoms with Crippen molar-refractivity contribution in [2.24, 2.45) is 0 Å². The molecule has 0 bridgehead atoms. The number of carbonyl (C=O) groups excluding carboxylic acids is 1. The van der Waals surface area contributed by atoms with Crippen LogP contribution in [-0.4, -0.2) is 20.0 Å². The molecule has 1 aliphatic rings. The molecule has 5 heteroatoms. The van der Waals surface area contributed by atoms with Crippen molar-refractivity contribution in [2.75, 3.05) is 0 Å². The summed E-state index contributed by atoms with van der Waals surface area (Å²) < 4.78 is 3.72. The van der Waals surface area contributed by atoms with Gasteiger partial charge in [-0.15, -0.1) is 0 Å². The molecule has 0 atom stereocenters. The Bertz CT molecular complexity index is 1760. The largest absolute Gasteiger partial charge is 0.308 e. The number of imidazole rings is 1. The lowest BCUT2D eigenvalue weighted by atomic mass is 10.0. The molecule has 32 heavy (non-hydrogen) atoms. The summed E-state index contributed by atoms with van der Waals surface area (Å²) in [7, 11) is 0. The Morgan fingerprint density at radius 2 is 1.22 bits per heavy atom. The second kappa shape index (κ2) is 6.02. The van der Waals surface area contributed by atoms with E-state index >= 15 is 0 Å². The number of rotatable bonds is 1. The van der Waals surface area contributed by atoms with E-state index < -0.39 is 0 Å². The number of aromatic nitrogens is 3. The van der Waals surface area contributed by atoms with Gasteiger partial charge in [-0.1, -0.05) is 48.5 Å². The smallest absolute Gasteiger partial charge is 0.267 e. The molecule has 0 unspecified atom stereocenters. The summed E-state index contributed by atoms with van der Waals surface area (Å²) in [5.74, 6) is 0.550. The van der Waals surface area contributed by atoms with Crippen molar-refractivity contribution < 1.29 is 4.79 Å². The maximum Gasteiger partial charge on any atom is 0.267 e. The molecule has 6 aromatic rings. The van der Waals surface area contributed by atoms with Crippen molar-refractivity contribution in [1.82, 2.24) is 14.1 Å². The van der Waals surface area contributed by atoms with Gasteiger partial charge in [-0.25, -0.2) is 4.98 Å². The SMILES string of the molecule is O=C1c2c(cccc2-n2c3ccccc3c(=O)c3ccccc32)-c2nc3ccccc3n21. The number of carbonyl (C=O) groups is 1. The first-order valence-electron chi connectivity index (χ1n) is 10.4. The van der Waals surface area contributed by atoms with Crippen LogP contribution in [-0.2, 0) is 0 Å². The minimum atomic E-state index is -0.105. The Labute approximate surface area is 181 Å². The van der Waals surface area contributed by atoms with Crippen LogP contribution in [0, 0.1) is 0 Å². The van der Waals surface area contributed by atoms with E-state index in [1.807, 2.05) is 95.6 Å². The first-order chi connectivity index (χ1) is 15.7. The number of fused-ring (bicyclic) bond motifs is 7. The Balaban J connectivity index is 1.64. The molecule has 0 spiro atoms. The van der Waals surface area contributed by atoms with E-state index in [9.17, 15) is 9.59 Å². The van der Waals surface area contributed by atoms with Crippen LogP contribution in [0.1, 0.15) is 10.4 Å². The Kier molecular flexibility index (Phi) is 3.23. The standard InChI is InChI=1S/C27H15N3O2/c31-25-16-8-1-4-12-20(16)29(21-13-5-2-9-17(21)25)23-15-7-10-18-24(23)27(32)30-22-14-6-3-11-19(22)28-26(18)30/h1-15H. The van der Waals surface area contributed by atoms with Crippen molar-refractivity contribution in [1.29, 1.82) is 0 Å². The van der Waals surface area contributed by atoms with Crippen LogP contribution in [0.5, 0.6) is 0 Å². The van der Waals surface area contributed by atoms with Gasteiger partial charge in [0.25, 0.3) is 5.91 Å². The average Bonchev–Trinajstić information content (AvgIpc) is 3.35. The van der Waals surface area contributed by atoms with Crippen molar-refractivity contribution in [3.63, 3.8) is 0 Å². The fraction of sp³-hybridized carbons (Fsp3) is 0. The molecule has 0 radical (unpaired) electrons. The summed E-state index contributed by atoms with van der Waals surface area (Å²) in [5, 5.41) is 1.25. The molecule has 4 aromatic carbocycles. The van der Waals surface area contributed by atoms with Crippen molar-refractivity contribution in [3.8, 4) is 17.1 Å². The summed E-state index contributed by atoms with van der Waals surface area (Å²) in [6.45, 7) is 0. The van der Waals surface area contributed by atoms with Crippen LogP contribution in [0.15, 0.2) is 95.8 Å². The van der Waals surface area contributed by atoms with E-state index in [-0.39, 0.29) is 11.3 Å². The highest BCUT2D eigenvalue weighted by atomic mass is 16.2. The average molecular weight is 413 g/mol. The summed E-state index contributed by atoms with van der Waals surface area (Å²) in [4.78, 5) is 31.6. The maximum atomic E-state index is 13.7. The van der Waals surface area contributed by atoms with Crippen LogP contribution in [0.4, 0.5) is 0 Å². The quantitative estimate of drug-likeness (QED) is 0.349. The molecule has 0 N–H and O–H groups in total. The Hall–Kier alpha value is -4.51. The van der Waals surface area contributed by atoms with Gasteiger partial charge in [0.15, 0.2) is 5.43 Å². The van der Waals surface area contributed by atoms with Gasteiger partial charge in [0.2, 0.25) is 0 Å². The van der Waals surface area contributed by atoms with E-state index in [1.165, 1.54) is 0 Å². The molecule has 0 amide bonds. The molecule has 7 rings (SSSR count). The summed E-state index contributed by atoms with van der Waals surface area (Å²) >= 11 is 0.